The van der Waals surface area contributed by atoms with Crippen LogP contribution in [0, 0.1) is 23.7 Å². The Bertz CT molecular complexity index is 1320. The maximum atomic E-state index is 13.3. The van der Waals surface area contributed by atoms with Gasteiger partial charge in [0.2, 0.25) is 23.5 Å². The highest BCUT2D eigenvalue weighted by atomic mass is 16.4. The summed E-state index contributed by atoms with van der Waals surface area (Å²) in [5.74, 6) is -7.67. The molecule has 16 nitrogen and oxygen atoms in total. The van der Waals surface area contributed by atoms with Crippen LogP contribution in [0.4, 0.5) is 0 Å². The van der Waals surface area contributed by atoms with E-state index in [2.05, 4.69) is 31.2 Å². The number of nitrogens with one attached hydrogen (secondary N) is 5. The lowest BCUT2D eigenvalue weighted by Gasteiger charge is -2.27. The number of Topliss-reactive ketones (excluding diaryl/α,β-unsaturated/α-hetero) is 2. The predicted molar refractivity (Wildman–Crippen MR) is 166 cm³/mol. The van der Waals surface area contributed by atoms with E-state index in [1.54, 1.807) is 34.6 Å². The van der Waals surface area contributed by atoms with Gasteiger partial charge >= 0.3 is 5.97 Å². The van der Waals surface area contributed by atoms with Gasteiger partial charge in [0.1, 0.15) is 30.1 Å². The molecule has 0 aliphatic heterocycles. The lowest BCUT2D eigenvalue weighted by atomic mass is 9.91. The van der Waals surface area contributed by atoms with Crippen LogP contribution in [0.1, 0.15) is 77.2 Å². The largest absolute Gasteiger partial charge is 0.480 e. The van der Waals surface area contributed by atoms with Crippen molar-refractivity contribution in [1.82, 2.24) is 36.6 Å². The number of carboxylic acid groups (broad SMARTS) is 1. The Hall–Kier alpha value is -4.76. The molecule has 0 bridgehead atoms. The maximum absolute atomic E-state index is 13.3. The number of carbonyl (C=O) groups is 8. The highest BCUT2D eigenvalue weighted by Gasteiger charge is 2.38. The summed E-state index contributed by atoms with van der Waals surface area (Å²) in [7, 11) is 0. The van der Waals surface area contributed by atoms with Crippen LogP contribution in [0.25, 0.3) is 0 Å². The molecule has 258 valence electrons. The fourth-order valence-electron chi connectivity index (χ4n) is 5.22. The minimum Gasteiger partial charge on any atom is -0.480 e. The third kappa shape index (κ3) is 11.8. The van der Waals surface area contributed by atoms with Crippen LogP contribution in [0.3, 0.4) is 0 Å². The number of hydrogen-bond acceptors (Lipinski definition) is 10. The van der Waals surface area contributed by atoms with Gasteiger partial charge in [-0.05, 0) is 30.6 Å². The van der Waals surface area contributed by atoms with Crippen LogP contribution < -0.4 is 26.6 Å². The first kappa shape index (κ1) is 38.4. The highest BCUT2D eigenvalue weighted by molar-refractivity contribution is 6.38. The van der Waals surface area contributed by atoms with E-state index in [1.165, 1.54) is 18.6 Å². The zero-order chi connectivity index (χ0) is 35.3. The van der Waals surface area contributed by atoms with Crippen molar-refractivity contribution < 1.29 is 43.5 Å². The van der Waals surface area contributed by atoms with E-state index >= 15 is 0 Å². The molecule has 16 heteroatoms. The number of amides is 5. The van der Waals surface area contributed by atoms with Gasteiger partial charge in [0, 0.05) is 37.7 Å². The van der Waals surface area contributed by atoms with Crippen molar-refractivity contribution >= 4 is 47.1 Å². The van der Waals surface area contributed by atoms with Gasteiger partial charge in [0.05, 0.1) is 12.2 Å². The molecule has 1 aromatic rings. The SMILES string of the molecule is CCCC(NC(=O)C[C@H]1CCC(=O)[C@H]1CNC(=O)[C@@H](NC(=O)[C@H](NC(=O)c1cnccn1)C(C)C)C(C)C)C(=O)C(=O)NCC(=O)O. The summed E-state index contributed by atoms with van der Waals surface area (Å²) in [5.41, 5.74) is 0.0299. The molecule has 1 heterocycles. The lowest BCUT2D eigenvalue weighted by molar-refractivity contribution is -0.142. The van der Waals surface area contributed by atoms with Crippen LogP contribution >= 0.6 is 0 Å². The quantitative estimate of drug-likeness (QED) is 0.110. The third-order valence-electron chi connectivity index (χ3n) is 7.82. The summed E-state index contributed by atoms with van der Waals surface area (Å²) >= 11 is 0. The lowest BCUT2D eigenvalue weighted by Crippen LogP contribution is -2.57. The fourth-order valence-corrected chi connectivity index (χ4v) is 5.22. The molecule has 1 saturated carbocycles. The molecule has 5 atom stereocenters. The second kappa shape index (κ2) is 18.4. The molecule has 0 spiro atoms. The zero-order valence-electron chi connectivity index (χ0n) is 27.3. The van der Waals surface area contributed by atoms with E-state index in [1.807, 2.05) is 5.32 Å². The van der Waals surface area contributed by atoms with E-state index in [9.17, 15) is 38.4 Å². The summed E-state index contributed by atoms with van der Waals surface area (Å²) in [6.07, 6.45) is 5.07. The van der Waals surface area contributed by atoms with E-state index < -0.39 is 77.8 Å². The van der Waals surface area contributed by atoms with Gasteiger partial charge in [-0.15, -0.1) is 0 Å². The van der Waals surface area contributed by atoms with Gasteiger partial charge in [-0.25, -0.2) is 4.98 Å². The Morgan fingerprint density at radius 1 is 0.915 bits per heavy atom. The van der Waals surface area contributed by atoms with Crippen molar-refractivity contribution in [3.63, 3.8) is 0 Å². The van der Waals surface area contributed by atoms with Gasteiger partial charge in [-0.3, -0.25) is 43.3 Å². The summed E-state index contributed by atoms with van der Waals surface area (Å²) in [6, 6.07) is -3.14. The monoisotopic (exact) mass is 659 g/mol. The maximum Gasteiger partial charge on any atom is 0.322 e. The van der Waals surface area contributed by atoms with E-state index in [0.717, 1.165) is 0 Å². The second-order valence-corrected chi connectivity index (χ2v) is 12.2. The van der Waals surface area contributed by atoms with Crippen LogP contribution in [-0.2, 0) is 33.6 Å². The summed E-state index contributed by atoms with van der Waals surface area (Å²) in [4.78, 5) is 108. The number of carbonyl (C=O) groups excluding carboxylic acids is 7. The van der Waals surface area contributed by atoms with Crippen molar-refractivity contribution in [3.05, 3.63) is 24.3 Å². The Morgan fingerprint density at radius 3 is 2.15 bits per heavy atom. The van der Waals surface area contributed by atoms with Crippen LogP contribution in [0.15, 0.2) is 18.6 Å². The molecule has 0 radical (unpaired) electrons. The van der Waals surface area contributed by atoms with Crippen molar-refractivity contribution in [2.75, 3.05) is 13.1 Å². The molecule has 47 heavy (non-hydrogen) atoms. The number of aliphatic carboxylic acids is 1. The third-order valence-corrected chi connectivity index (χ3v) is 7.82. The predicted octanol–water partition coefficient (Wildman–Crippen LogP) is -0.472. The molecule has 1 aliphatic rings. The first-order valence-corrected chi connectivity index (χ1v) is 15.7. The van der Waals surface area contributed by atoms with Crippen LogP contribution in [0.2, 0.25) is 0 Å². The smallest absolute Gasteiger partial charge is 0.322 e. The van der Waals surface area contributed by atoms with E-state index in [-0.39, 0.29) is 49.1 Å². The summed E-state index contributed by atoms with van der Waals surface area (Å²) in [6.45, 7) is 7.87. The van der Waals surface area contributed by atoms with Crippen LogP contribution in [0.5, 0.6) is 0 Å². The average Bonchev–Trinajstić information content (AvgIpc) is 3.37. The number of rotatable bonds is 18. The Labute approximate surface area is 273 Å². The average molecular weight is 660 g/mol. The van der Waals surface area contributed by atoms with Gasteiger partial charge in [0.25, 0.3) is 11.8 Å². The summed E-state index contributed by atoms with van der Waals surface area (Å²) in [5, 5.41) is 21.3. The molecule has 1 aromatic heterocycles. The van der Waals surface area contributed by atoms with Crippen molar-refractivity contribution in [2.24, 2.45) is 23.7 Å². The number of ketones is 2. The molecule has 1 aliphatic carbocycles. The second-order valence-electron chi connectivity index (χ2n) is 12.2. The molecule has 5 amide bonds. The Kier molecular flexibility index (Phi) is 15.0. The topological polar surface area (TPSA) is 243 Å². The first-order valence-electron chi connectivity index (χ1n) is 15.7. The minimum absolute atomic E-state index is 0.0299. The van der Waals surface area contributed by atoms with Gasteiger partial charge in [-0.1, -0.05) is 41.0 Å². The Morgan fingerprint density at radius 2 is 1.57 bits per heavy atom. The Balaban J connectivity index is 2.02. The molecule has 1 unspecified atom stereocenters. The fraction of sp³-hybridized carbons (Fsp3) is 0.613. The highest BCUT2D eigenvalue weighted by Crippen LogP contribution is 2.31. The molecule has 0 aromatic carbocycles. The molecular weight excluding hydrogens is 614 g/mol. The zero-order valence-corrected chi connectivity index (χ0v) is 27.3. The van der Waals surface area contributed by atoms with Gasteiger partial charge < -0.3 is 31.7 Å². The van der Waals surface area contributed by atoms with Crippen molar-refractivity contribution in [1.29, 1.82) is 0 Å². The molecule has 0 saturated heterocycles. The molecular formula is C31H45N7O9. The standard InChI is InChI=1S/C31H45N7O9/c1-6-7-20(27(43)31(47)35-15-24(41)42)36-23(40)12-18-8-9-22(39)19(18)13-34-29(45)25(16(2)3)38-30(46)26(17(4)5)37-28(44)21-14-32-10-11-33-21/h10-11,14,16-20,25-26H,6-9,12-13,15H2,1-5H3,(H,34,45)(H,35,47)(H,36,40)(H,37,44)(H,38,46)(H,41,42)/t18-,19+,20?,25+,26-/m1/s1. The van der Waals surface area contributed by atoms with Crippen molar-refractivity contribution in [3.8, 4) is 0 Å². The van der Waals surface area contributed by atoms with Crippen LogP contribution in [-0.4, -0.2) is 93.4 Å². The van der Waals surface area contributed by atoms with Crippen molar-refractivity contribution in [2.45, 2.75) is 84.8 Å². The number of carboxylic acids is 1. The van der Waals surface area contributed by atoms with E-state index in [4.69, 9.17) is 5.11 Å². The molecule has 6 N–H and O–H groups in total. The number of hydrogen-bond donors (Lipinski definition) is 6. The number of nitrogens with zero attached hydrogens (tertiary/aromatic N) is 2. The number of aromatic nitrogens is 2. The molecule has 2 rings (SSSR count). The van der Waals surface area contributed by atoms with Gasteiger partial charge in [0.15, 0.2) is 0 Å². The molecule has 1 fully saturated rings. The first-order chi connectivity index (χ1) is 22.2. The van der Waals surface area contributed by atoms with E-state index in [0.29, 0.717) is 12.8 Å². The summed E-state index contributed by atoms with van der Waals surface area (Å²) < 4.78 is 0. The van der Waals surface area contributed by atoms with Gasteiger partial charge in [-0.2, -0.15) is 0 Å². The normalized spacial score (nSPS) is 17.7. The minimum atomic E-state index is -1.32.